The van der Waals surface area contributed by atoms with Crippen molar-refractivity contribution in [1.82, 2.24) is 4.72 Å². The molecular weight excluding hydrogens is 381 g/mol. The van der Waals surface area contributed by atoms with Crippen molar-refractivity contribution >= 4 is 25.7 Å². The van der Waals surface area contributed by atoms with Gasteiger partial charge in [0, 0.05) is 6.04 Å². The minimum Gasteiger partial charge on any atom is -0.330 e. The maximum Gasteiger partial charge on any atom is 0.240 e. The molecule has 2 unspecified atom stereocenters. The molecule has 4 N–H and O–H groups in total. The summed E-state index contributed by atoms with van der Waals surface area (Å²) in [5.74, 6) is -1.02. The van der Waals surface area contributed by atoms with Gasteiger partial charge in [-0.05, 0) is 49.9 Å². The van der Waals surface area contributed by atoms with Gasteiger partial charge in [-0.15, -0.1) is 0 Å². The average Bonchev–Trinajstić information content (AvgIpc) is 2.56. The van der Waals surface area contributed by atoms with Crippen molar-refractivity contribution in [2.45, 2.75) is 50.0 Å². The monoisotopic (exact) mass is 407 g/mol. The van der Waals surface area contributed by atoms with Crippen LogP contribution in [0.15, 0.2) is 23.1 Å². The molecular formula is C16H26FN3O4S2. The van der Waals surface area contributed by atoms with Crippen LogP contribution in [0.3, 0.4) is 0 Å². The maximum atomic E-state index is 14.2. The van der Waals surface area contributed by atoms with Gasteiger partial charge in [0.2, 0.25) is 20.0 Å². The number of nitrogens with two attached hydrogens (primary N) is 1. The van der Waals surface area contributed by atoms with Crippen LogP contribution in [0.25, 0.3) is 0 Å². The Morgan fingerprint density at radius 2 is 1.88 bits per heavy atom. The van der Waals surface area contributed by atoms with Crippen LogP contribution in [0.4, 0.5) is 10.1 Å². The van der Waals surface area contributed by atoms with E-state index in [9.17, 15) is 21.2 Å². The highest BCUT2D eigenvalue weighted by atomic mass is 32.2. The summed E-state index contributed by atoms with van der Waals surface area (Å²) >= 11 is 0. The van der Waals surface area contributed by atoms with Crippen LogP contribution in [0.2, 0.25) is 0 Å². The van der Waals surface area contributed by atoms with Crippen LogP contribution in [0.5, 0.6) is 0 Å². The van der Waals surface area contributed by atoms with Crippen molar-refractivity contribution in [3.05, 3.63) is 24.0 Å². The lowest BCUT2D eigenvalue weighted by Crippen LogP contribution is -2.44. The number of hydrogen-bond donors (Lipinski definition) is 3. The lowest BCUT2D eigenvalue weighted by atomic mass is 9.85. The molecule has 1 fully saturated rings. The molecule has 0 amide bonds. The zero-order chi connectivity index (χ0) is 19.4. The molecule has 1 saturated carbocycles. The first kappa shape index (κ1) is 21.1. The Kier molecular flexibility index (Phi) is 7.00. The van der Waals surface area contributed by atoms with E-state index in [0.717, 1.165) is 31.4 Å². The van der Waals surface area contributed by atoms with Crippen molar-refractivity contribution in [2.24, 2.45) is 11.7 Å². The van der Waals surface area contributed by atoms with Crippen molar-refractivity contribution < 1.29 is 21.2 Å². The van der Waals surface area contributed by atoms with Crippen molar-refractivity contribution in [3.63, 3.8) is 0 Å². The number of benzene rings is 1. The number of sulfonamides is 2. The highest BCUT2D eigenvalue weighted by molar-refractivity contribution is 7.92. The maximum absolute atomic E-state index is 14.2. The van der Waals surface area contributed by atoms with E-state index in [1.807, 2.05) is 0 Å². The molecule has 0 aromatic heterocycles. The second kappa shape index (κ2) is 8.64. The Balaban J connectivity index is 2.18. The van der Waals surface area contributed by atoms with Crippen LogP contribution in [0.1, 0.15) is 39.0 Å². The number of nitrogens with one attached hydrogen (secondary N) is 2. The van der Waals surface area contributed by atoms with Gasteiger partial charge in [0.25, 0.3) is 0 Å². The summed E-state index contributed by atoms with van der Waals surface area (Å²) in [5.41, 5.74) is 5.45. The van der Waals surface area contributed by atoms with Crippen molar-refractivity contribution in [1.29, 1.82) is 0 Å². The molecule has 0 bridgehead atoms. The predicted octanol–water partition coefficient (Wildman–Crippen LogP) is 1.77. The number of anilines is 1. The molecule has 10 heteroatoms. The second-order valence-electron chi connectivity index (χ2n) is 6.57. The fourth-order valence-corrected chi connectivity index (χ4v) is 5.64. The molecule has 0 radical (unpaired) electrons. The van der Waals surface area contributed by atoms with E-state index in [2.05, 4.69) is 9.44 Å². The summed E-state index contributed by atoms with van der Waals surface area (Å²) in [6.45, 7) is 2.08. The van der Waals surface area contributed by atoms with Crippen LogP contribution in [0, 0.1) is 11.7 Å². The molecule has 26 heavy (non-hydrogen) atoms. The highest BCUT2D eigenvalue weighted by Gasteiger charge is 2.29. The van der Waals surface area contributed by atoms with Crippen molar-refractivity contribution in [3.8, 4) is 0 Å². The lowest BCUT2D eigenvalue weighted by Gasteiger charge is -2.31. The summed E-state index contributed by atoms with van der Waals surface area (Å²) in [5, 5.41) is 0. The normalized spacial score (nSPS) is 21.5. The van der Waals surface area contributed by atoms with E-state index in [0.29, 0.717) is 19.4 Å². The fraction of sp³-hybridized carbons (Fsp3) is 0.625. The SMILES string of the molecule is CCCS(=O)(=O)Nc1ccc(S(=O)(=O)NC2CCCCC2CN)cc1F. The third kappa shape index (κ3) is 5.38. The minimum atomic E-state index is -3.92. The zero-order valence-electron chi connectivity index (χ0n) is 14.7. The van der Waals surface area contributed by atoms with Gasteiger partial charge in [-0.2, -0.15) is 0 Å². The third-order valence-corrected chi connectivity index (χ3v) is 7.47. The van der Waals surface area contributed by atoms with Crippen LogP contribution < -0.4 is 15.2 Å². The Morgan fingerprint density at radius 3 is 2.50 bits per heavy atom. The van der Waals surface area contributed by atoms with Gasteiger partial charge in [0.1, 0.15) is 5.82 Å². The molecule has 0 heterocycles. The molecule has 2 atom stereocenters. The number of rotatable bonds is 8. The smallest absolute Gasteiger partial charge is 0.240 e. The standard InChI is InChI=1S/C16H26FN3O4S2/c1-2-9-25(21,22)19-16-8-7-13(10-14(16)17)26(23,24)20-15-6-4-3-5-12(15)11-18/h7-8,10,12,15,19-20H,2-6,9,11,18H2,1H3. The van der Waals surface area contributed by atoms with Gasteiger partial charge < -0.3 is 5.73 Å². The molecule has 2 rings (SSSR count). The first-order chi connectivity index (χ1) is 12.2. The van der Waals surface area contributed by atoms with E-state index in [-0.39, 0.29) is 28.3 Å². The first-order valence-electron chi connectivity index (χ1n) is 8.71. The van der Waals surface area contributed by atoms with Gasteiger partial charge >= 0.3 is 0 Å². The summed E-state index contributed by atoms with van der Waals surface area (Å²) < 4.78 is 67.6. The van der Waals surface area contributed by atoms with E-state index < -0.39 is 25.9 Å². The zero-order valence-corrected chi connectivity index (χ0v) is 16.4. The molecule has 1 aromatic rings. The highest BCUT2D eigenvalue weighted by Crippen LogP contribution is 2.26. The molecule has 7 nitrogen and oxygen atoms in total. The predicted molar refractivity (Wildman–Crippen MR) is 99.2 cm³/mol. The van der Waals surface area contributed by atoms with Crippen LogP contribution in [-0.2, 0) is 20.0 Å². The fourth-order valence-electron chi connectivity index (χ4n) is 3.15. The molecule has 148 valence electrons. The Morgan fingerprint density at radius 1 is 1.19 bits per heavy atom. The van der Waals surface area contributed by atoms with Gasteiger partial charge in [-0.25, -0.2) is 25.9 Å². The van der Waals surface area contributed by atoms with Gasteiger partial charge in [-0.3, -0.25) is 4.72 Å². The van der Waals surface area contributed by atoms with E-state index in [4.69, 9.17) is 5.73 Å². The molecule has 1 aromatic carbocycles. The minimum absolute atomic E-state index is 0.0588. The summed E-state index contributed by atoms with van der Waals surface area (Å²) in [6, 6.07) is 2.87. The van der Waals surface area contributed by atoms with Crippen LogP contribution >= 0.6 is 0 Å². The van der Waals surface area contributed by atoms with Gasteiger partial charge in [0.05, 0.1) is 16.3 Å². The van der Waals surface area contributed by atoms with Gasteiger partial charge in [-0.1, -0.05) is 19.8 Å². The molecule has 0 aliphatic heterocycles. The van der Waals surface area contributed by atoms with E-state index in [1.165, 1.54) is 6.07 Å². The molecule has 1 aliphatic rings. The number of halogens is 1. The van der Waals surface area contributed by atoms with Gasteiger partial charge in [0.15, 0.2) is 0 Å². The summed E-state index contributed by atoms with van der Waals surface area (Å²) in [7, 11) is -7.58. The largest absolute Gasteiger partial charge is 0.330 e. The Hall–Kier alpha value is -1.23. The topological polar surface area (TPSA) is 118 Å². The first-order valence-corrected chi connectivity index (χ1v) is 11.8. The molecule has 0 saturated heterocycles. The second-order valence-corrected chi connectivity index (χ2v) is 10.1. The lowest BCUT2D eigenvalue weighted by molar-refractivity contribution is 0.296. The molecule has 0 spiro atoms. The van der Waals surface area contributed by atoms with Crippen molar-refractivity contribution in [2.75, 3.05) is 17.0 Å². The number of hydrogen-bond acceptors (Lipinski definition) is 5. The molecule has 1 aliphatic carbocycles. The summed E-state index contributed by atoms with van der Waals surface area (Å²) in [6.07, 6.45) is 3.86. The summed E-state index contributed by atoms with van der Waals surface area (Å²) in [4.78, 5) is -0.241. The quantitative estimate of drug-likeness (QED) is 0.607. The van der Waals surface area contributed by atoms with Crippen LogP contribution in [-0.4, -0.2) is 35.2 Å². The third-order valence-electron chi connectivity index (χ3n) is 4.51. The van der Waals surface area contributed by atoms with E-state index in [1.54, 1.807) is 6.92 Å². The Bertz CT molecular complexity index is 828. The van der Waals surface area contributed by atoms with E-state index >= 15 is 0 Å². The average molecular weight is 408 g/mol. The Labute approximate surface area is 154 Å².